The van der Waals surface area contributed by atoms with Crippen molar-refractivity contribution < 1.29 is 23.7 Å². The number of carbonyl (C=O) groups excluding carboxylic acids is 1. The molecular formula is C25H27N3O5. The molecule has 2 heterocycles. The Morgan fingerprint density at radius 1 is 1.00 bits per heavy atom. The average Bonchev–Trinajstić information content (AvgIpc) is 3.09. The summed E-state index contributed by atoms with van der Waals surface area (Å²) in [7, 11) is 4.79. The number of rotatable bonds is 7. The molecule has 3 aromatic rings. The molecule has 0 fully saturated rings. The molecule has 33 heavy (non-hydrogen) atoms. The first-order valence-electron chi connectivity index (χ1n) is 10.7. The third-order valence-corrected chi connectivity index (χ3v) is 5.62. The van der Waals surface area contributed by atoms with Gasteiger partial charge in [-0.3, -0.25) is 4.79 Å². The standard InChI is InChI=1S/C25H27N3O5/c1-30-21-7-5-4-6-17(21)8-11-24(29)28-12-13-33-25-19(16-28)14-18(15-22(25)31-2)20-9-10-23(32-3)27-26-20/h4-7,9-10,14-15H,8,11-13,16H2,1-3H3. The lowest BCUT2D eigenvalue weighted by Gasteiger charge is -2.20. The fourth-order valence-electron chi connectivity index (χ4n) is 3.89. The fourth-order valence-corrected chi connectivity index (χ4v) is 3.89. The Morgan fingerprint density at radius 2 is 1.82 bits per heavy atom. The number of fused-ring (bicyclic) bond motifs is 1. The van der Waals surface area contributed by atoms with E-state index in [-0.39, 0.29) is 5.91 Å². The van der Waals surface area contributed by atoms with Gasteiger partial charge < -0.3 is 23.8 Å². The van der Waals surface area contributed by atoms with Gasteiger partial charge >= 0.3 is 0 Å². The van der Waals surface area contributed by atoms with Crippen molar-refractivity contribution in [3.63, 3.8) is 0 Å². The van der Waals surface area contributed by atoms with E-state index in [0.717, 1.165) is 22.4 Å². The zero-order valence-corrected chi connectivity index (χ0v) is 19.0. The molecule has 1 aliphatic heterocycles. The van der Waals surface area contributed by atoms with E-state index in [1.807, 2.05) is 47.4 Å². The van der Waals surface area contributed by atoms with E-state index in [2.05, 4.69) is 10.2 Å². The van der Waals surface area contributed by atoms with Crippen molar-refractivity contribution in [2.45, 2.75) is 19.4 Å². The van der Waals surface area contributed by atoms with Crippen LogP contribution >= 0.6 is 0 Å². The lowest BCUT2D eigenvalue weighted by atomic mass is 10.0. The van der Waals surface area contributed by atoms with E-state index in [4.69, 9.17) is 18.9 Å². The number of hydrogen-bond donors (Lipinski definition) is 0. The molecule has 8 nitrogen and oxygen atoms in total. The first kappa shape index (κ1) is 22.4. The SMILES string of the molecule is COc1ccc(-c2cc3c(c(OC)c2)OCCN(C(=O)CCc2ccccc2OC)C3)nn1. The first-order valence-corrected chi connectivity index (χ1v) is 10.7. The van der Waals surface area contributed by atoms with Crippen LogP contribution in [-0.4, -0.2) is 55.5 Å². The second kappa shape index (κ2) is 10.2. The smallest absolute Gasteiger partial charge is 0.233 e. The maximum absolute atomic E-state index is 13.1. The minimum atomic E-state index is 0.0611. The van der Waals surface area contributed by atoms with Gasteiger partial charge in [-0.1, -0.05) is 18.2 Å². The van der Waals surface area contributed by atoms with Crippen LogP contribution in [0.15, 0.2) is 48.5 Å². The Bertz CT molecular complexity index is 1120. The number of para-hydroxylation sites is 1. The highest BCUT2D eigenvalue weighted by molar-refractivity contribution is 5.77. The number of nitrogens with zero attached hydrogens (tertiary/aromatic N) is 3. The Labute approximate surface area is 193 Å². The highest BCUT2D eigenvalue weighted by Crippen LogP contribution is 2.38. The third-order valence-electron chi connectivity index (χ3n) is 5.62. The van der Waals surface area contributed by atoms with Crippen LogP contribution in [-0.2, 0) is 17.8 Å². The predicted molar refractivity (Wildman–Crippen MR) is 123 cm³/mol. The van der Waals surface area contributed by atoms with Crippen molar-refractivity contribution in [2.24, 2.45) is 0 Å². The number of aryl methyl sites for hydroxylation is 1. The molecule has 0 spiro atoms. The lowest BCUT2D eigenvalue weighted by molar-refractivity contribution is -0.131. The first-order chi connectivity index (χ1) is 16.1. The van der Waals surface area contributed by atoms with Gasteiger partial charge in [0.25, 0.3) is 0 Å². The van der Waals surface area contributed by atoms with E-state index in [9.17, 15) is 4.79 Å². The van der Waals surface area contributed by atoms with Crippen LogP contribution in [0.3, 0.4) is 0 Å². The Morgan fingerprint density at radius 3 is 2.55 bits per heavy atom. The van der Waals surface area contributed by atoms with Crippen molar-refractivity contribution >= 4 is 5.91 Å². The predicted octanol–water partition coefficient (Wildman–Crippen LogP) is 3.52. The zero-order valence-electron chi connectivity index (χ0n) is 19.0. The molecule has 172 valence electrons. The summed E-state index contributed by atoms with van der Waals surface area (Å²) in [5.74, 6) is 2.55. The molecule has 8 heteroatoms. The molecule has 4 rings (SSSR count). The molecule has 0 saturated heterocycles. The maximum Gasteiger partial charge on any atom is 0.233 e. The highest BCUT2D eigenvalue weighted by atomic mass is 16.5. The van der Waals surface area contributed by atoms with Gasteiger partial charge in [0.15, 0.2) is 11.5 Å². The summed E-state index contributed by atoms with van der Waals surface area (Å²) >= 11 is 0. The van der Waals surface area contributed by atoms with Crippen molar-refractivity contribution in [3.8, 4) is 34.4 Å². The second-order valence-electron chi connectivity index (χ2n) is 7.60. The molecule has 0 saturated carbocycles. The zero-order chi connectivity index (χ0) is 23.2. The number of methoxy groups -OCH3 is 3. The largest absolute Gasteiger partial charge is 0.496 e. The van der Waals surface area contributed by atoms with Crippen molar-refractivity contribution in [3.05, 3.63) is 59.7 Å². The highest BCUT2D eigenvalue weighted by Gasteiger charge is 2.24. The van der Waals surface area contributed by atoms with Gasteiger partial charge in [-0.25, -0.2) is 0 Å². The van der Waals surface area contributed by atoms with Crippen LogP contribution in [0.5, 0.6) is 23.1 Å². The second-order valence-corrected chi connectivity index (χ2v) is 7.60. The molecule has 1 aromatic heterocycles. The van der Waals surface area contributed by atoms with Gasteiger partial charge in [0.1, 0.15) is 12.4 Å². The normalized spacial score (nSPS) is 12.9. The number of hydrogen-bond acceptors (Lipinski definition) is 7. The lowest BCUT2D eigenvalue weighted by Crippen LogP contribution is -2.32. The van der Waals surface area contributed by atoms with Crippen LogP contribution in [0.2, 0.25) is 0 Å². The Kier molecular flexibility index (Phi) is 6.92. The molecule has 1 amide bonds. The number of amides is 1. The number of aromatic nitrogens is 2. The molecule has 2 aromatic carbocycles. The molecule has 0 N–H and O–H groups in total. The average molecular weight is 450 g/mol. The maximum atomic E-state index is 13.1. The van der Waals surface area contributed by atoms with Crippen molar-refractivity contribution in [1.82, 2.24) is 15.1 Å². The van der Waals surface area contributed by atoms with Crippen LogP contribution in [0.25, 0.3) is 11.3 Å². The monoisotopic (exact) mass is 449 g/mol. The van der Waals surface area contributed by atoms with E-state index in [0.29, 0.717) is 55.6 Å². The Hall–Kier alpha value is -3.81. The van der Waals surface area contributed by atoms with E-state index in [1.54, 1.807) is 27.4 Å². The van der Waals surface area contributed by atoms with Gasteiger partial charge in [0, 0.05) is 30.2 Å². The van der Waals surface area contributed by atoms with E-state index in [1.165, 1.54) is 0 Å². The van der Waals surface area contributed by atoms with Gasteiger partial charge in [-0.2, -0.15) is 0 Å². The molecule has 0 unspecified atom stereocenters. The summed E-state index contributed by atoms with van der Waals surface area (Å²) in [5, 5.41) is 8.29. The van der Waals surface area contributed by atoms with Crippen LogP contribution in [0.1, 0.15) is 17.5 Å². The van der Waals surface area contributed by atoms with E-state index >= 15 is 0 Å². The van der Waals surface area contributed by atoms with Gasteiger partial charge in [0.05, 0.1) is 33.6 Å². The molecular weight excluding hydrogens is 422 g/mol. The molecule has 0 aliphatic carbocycles. The summed E-state index contributed by atoms with van der Waals surface area (Å²) in [6.45, 7) is 1.32. The number of carbonyl (C=O) groups is 1. The summed E-state index contributed by atoms with van der Waals surface area (Å²) in [6, 6.07) is 15.2. The number of benzene rings is 2. The molecule has 1 aliphatic rings. The molecule has 0 atom stereocenters. The molecule has 0 bridgehead atoms. The molecule has 0 radical (unpaired) electrons. The van der Waals surface area contributed by atoms with Crippen LogP contribution in [0.4, 0.5) is 0 Å². The van der Waals surface area contributed by atoms with Gasteiger partial charge in [-0.05, 0) is 36.2 Å². The van der Waals surface area contributed by atoms with Crippen LogP contribution in [0, 0.1) is 0 Å². The minimum absolute atomic E-state index is 0.0611. The Balaban J connectivity index is 1.55. The minimum Gasteiger partial charge on any atom is -0.496 e. The third kappa shape index (κ3) is 5.00. The van der Waals surface area contributed by atoms with E-state index < -0.39 is 0 Å². The van der Waals surface area contributed by atoms with Crippen molar-refractivity contribution in [1.29, 1.82) is 0 Å². The van der Waals surface area contributed by atoms with Crippen LogP contribution < -0.4 is 18.9 Å². The summed E-state index contributed by atoms with van der Waals surface area (Å²) in [6.07, 6.45) is 0.994. The fraction of sp³-hybridized carbons (Fsp3) is 0.320. The summed E-state index contributed by atoms with van der Waals surface area (Å²) < 4.78 is 22.1. The topological polar surface area (TPSA) is 83.0 Å². The number of ether oxygens (including phenoxy) is 4. The van der Waals surface area contributed by atoms with Gasteiger partial charge in [-0.15, -0.1) is 10.2 Å². The van der Waals surface area contributed by atoms with Crippen molar-refractivity contribution in [2.75, 3.05) is 34.5 Å². The van der Waals surface area contributed by atoms with Gasteiger partial charge in [0.2, 0.25) is 11.8 Å². The summed E-state index contributed by atoms with van der Waals surface area (Å²) in [4.78, 5) is 14.9. The summed E-state index contributed by atoms with van der Waals surface area (Å²) in [5.41, 5.74) is 3.38. The quantitative estimate of drug-likeness (QED) is 0.546.